The van der Waals surface area contributed by atoms with Crippen molar-refractivity contribution in [1.82, 2.24) is 4.98 Å². The molecule has 104 valence electrons. The SMILES string of the molecule is Cc1ccc(OCCCC(C)(C)C#N)c(CCN)n1. The molecular weight excluding hydrogens is 238 g/mol. The molecule has 0 saturated heterocycles. The van der Waals surface area contributed by atoms with Crippen LogP contribution in [0.5, 0.6) is 5.75 Å². The Labute approximate surface area is 115 Å². The quantitative estimate of drug-likeness (QED) is 0.766. The third kappa shape index (κ3) is 5.27. The van der Waals surface area contributed by atoms with Gasteiger partial charge in [0.1, 0.15) is 5.75 Å². The highest BCUT2D eigenvalue weighted by Gasteiger charge is 2.15. The van der Waals surface area contributed by atoms with Crippen LogP contribution >= 0.6 is 0 Å². The molecule has 0 bridgehead atoms. The first kappa shape index (κ1) is 15.5. The first-order valence-corrected chi connectivity index (χ1v) is 6.69. The van der Waals surface area contributed by atoms with Gasteiger partial charge in [-0.3, -0.25) is 4.98 Å². The van der Waals surface area contributed by atoms with Crippen molar-refractivity contribution in [2.75, 3.05) is 13.2 Å². The molecule has 1 aromatic rings. The Morgan fingerprint density at radius 2 is 2.16 bits per heavy atom. The van der Waals surface area contributed by atoms with E-state index in [1.165, 1.54) is 0 Å². The zero-order chi connectivity index (χ0) is 14.3. The van der Waals surface area contributed by atoms with Crippen LogP contribution in [0.1, 0.15) is 38.1 Å². The van der Waals surface area contributed by atoms with E-state index in [1.807, 2.05) is 32.9 Å². The normalized spacial score (nSPS) is 11.1. The zero-order valence-electron chi connectivity index (χ0n) is 12.1. The number of ether oxygens (including phenoxy) is 1. The molecule has 0 radical (unpaired) electrons. The zero-order valence-corrected chi connectivity index (χ0v) is 12.1. The van der Waals surface area contributed by atoms with Gasteiger partial charge in [0.15, 0.2) is 0 Å². The van der Waals surface area contributed by atoms with Crippen molar-refractivity contribution in [3.63, 3.8) is 0 Å². The van der Waals surface area contributed by atoms with Crippen LogP contribution in [0.25, 0.3) is 0 Å². The van der Waals surface area contributed by atoms with Crippen LogP contribution in [0.15, 0.2) is 12.1 Å². The summed E-state index contributed by atoms with van der Waals surface area (Å²) in [5, 5.41) is 8.94. The van der Waals surface area contributed by atoms with Crippen LogP contribution in [0.3, 0.4) is 0 Å². The summed E-state index contributed by atoms with van der Waals surface area (Å²) in [6, 6.07) is 6.18. The van der Waals surface area contributed by atoms with Gasteiger partial charge in [0.25, 0.3) is 0 Å². The van der Waals surface area contributed by atoms with Gasteiger partial charge < -0.3 is 10.5 Å². The maximum atomic E-state index is 8.94. The number of aromatic nitrogens is 1. The van der Waals surface area contributed by atoms with Crippen LogP contribution < -0.4 is 10.5 Å². The maximum absolute atomic E-state index is 8.94. The molecular formula is C15H23N3O. The van der Waals surface area contributed by atoms with Crippen molar-refractivity contribution in [3.05, 3.63) is 23.5 Å². The van der Waals surface area contributed by atoms with E-state index in [2.05, 4.69) is 11.1 Å². The summed E-state index contributed by atoms with van der Waals surface area (Å²) in [6.45, 7) is 7.02. The first-order valence-electron chi connectivity index (χ1n) is 6.69. The molecule has 0 aliphatic rings. The summed E-state index contributed by atoms with van der Waals surface area (Å²) >= 11 is 0. The number of nitrogens with two attached hydrogens (primary N) is 1. The Morgan fingerprint density at radius 3 is 2.79 bits per heavy atom. The highest BCUT2D eigenvalue weighted by molar-refractivity contribution is 5.29. The second-order valence-corrected chi connectivity index (χ2v) is 5.38. The fraction of sp³-hybridized carbons (Fsp3) is 0.600. The molecule has 1 aromatic heterocycles. The standard InChI is InChI=1S/C15H23N3O/c1-12-5-6-14(13(18-12)7-9-16)19-10-4-8-15(2,3)11-17/h5-6H,4,7-10,16H2,1-3H3. The third-order valence-electron chi connectivity index (χ3n) is 2.96. The molecule has 0 spiro atoms. The van der Waals surface area contributed by atoms with Crippen LogP contribution in [-0.2, 0) is 6.42 Å². The lowest BCUT2D eigenvalue weighted by Crippen LogP contribution is -2.11. The number of nitrogens with zero attached hydrogens (tertiary/aromatic N) is 2. The molecule has 0 atom stereocenters. The average Bonchev–Trinajstić information content (AvgIpc) is 2.37. The third-order valence-corrected chi connectivity index (χ3v) is 2.96. The van der Waals surface area contributed by atoms with Gasteiger partial charge in [0.05, 0.1) is 23.8 Å². The van der Waals surface area contributed by atoms with E-state index in [0.717, 1.165) is 36.4 Å². The molecule has 1 heterocycles. The molecule has 0 aliphatic heterocycles. The van der Waals surface area contributed by atoms with Crippen LogP contribution in [-0.4, -0.2) is 18.1 Å². The highest BCUT2D eigenvalue weighted by Crippen LogP contribution is 2.22. The van der Waals surface area contributed by atoms with E-state index in [0.29, 0.717) is 13.2 Å². The summed E-state index contributed by atoms with van der Waals surface area (Å²) in [5.41, 5.74) is 7.19. The van der Waals surface area contributed by atoms with Gasteiger partial charge in [0, 0.05) is 12.1 Å². The summed E-state index contributed by atoms with van der Waals surface area (Å²) in [7, 11) is 0. The van der Waals surface area contributed by atoms with Gasteiger partial charge >= 0.3 is 0 Å². The molecule has 4 nitrogen and oxygen atoms in total. The molecule has 0 aliphatic carbocycles. The van der Waals surface area contributed by atoms with Crippen molar-refractivity contribution in [1.29, 1.82) is 5.26 Å². The highest BCUT2D eigenvalue weighted by atomic mass is 16.5. The predicted octanol–water partition coefficient (Wildman–Crippen LogP) is 2.60. The lowest BCUT2D eigenvalue weighted by Gasteiger charge is -2.15. The Kier molecular flexibility index (Phi) is 5.78. The molecule has 0 aromatic carbocycles. The lowest BCUT2D eigenvalue weighted by atomic mass is 9.90. The number of hydrogen-bond donors (Lipinski definition) is 1. The minimum atomic E-state index is -0.283. The molecule has 2 N–H and O–H groups in total. The topological polar surface area (TPSA) is 71.9 Å². The second-order valence-electron chi connectivity index (χ2n) is 5.38. The van der Waals surface area contributed by atoms with Gasteiger partial charge in [-0.2, -0.15) is 5.26 Å². The minimum Gasteiger partial charge on any atom is -0.492 e. The van der Waals surface area contributed by atoms with Crippen molar-refractivity contribution in [3.8, 4) is 11.8 Å². The number of nitriles is 1. The van der Waals surface area contributed by atoms with Crippen LogP contribution in [0, 0.1) is 23.7 Å². The molecule has 1 rings (SSSR count). The van der Waals surface area contributed by atoms with Gasteiger partial charge in [-0.25, -0.2) is 0 Å². The molecule has 0 saturated carbocycles. The fourth-order valence-corrected chi connectivity index (χ4v) is 1.80. The molecule has 0 fully saturated rings. The van der Waals surface area contributed by atoms with E-state index in [4.69, 9.17) is 15.7 Å². The van der Waals surface area contributed by atoms with Gasteiger partial charge in [0.2, 0.25) is 0 Å². The number of hydrogen-bond acceptors (Lipinski definition) is 4. The van der Waals surface area contributed by atoms with Gasteiger partial charge in [-0.05, 0) is 52.3 Å². The largest absolute Gasteiger partial charge is 0.492 e. The summed E-state index contributed by atoms with van der Waals surface area (Å²) in [6.07, 6.45) is 2.41. The van der Waals surface area contributed by atoms with Gasteiger partial charge in [-0.1, -0.05) is 0 Å². The smallest absolute Gasteiger partial charge is 0.140 e. The number of pyridine rings is 1. The van der Waals surface area contributed by atoms with Crippen molar-refractivity contribution in [2.24, 2.45) is 11.1 Å². The lowest BCUT2D eigenvalue weighted by molar-refractivity contribution is 0.280. The molecule has 0 amide bonds. The Balaban J connectivity index is 2.51. The fourth-order valence-electron chi connectivity index (χ4n) is 1.80. The van der Waals surface area contributed by atoms with E-state index in [1.54, 1.807) is 0 Å². The Bertz CT molecular complexity index is 449. The van der Waals surface area contributed by atoms with E-state index in [9.17, 15) is 0 Å². The second kappa shape index (κ2) is 7.10. The van der Waals surface area contributed by atoms with Crippen molar-refractivity contribution >= 4 is 0 Å². The summed E-state index contributed by atoms with van der Waals surface area (Å²) in [5.74, 6) is 0.811. The first-order chi connectivity index (χ1) is 8.98. The summed E-state index contributed by atoms with van der Waals surface area (Å²) < 4.78 is 5.76. The van der Waals surface area contributed by atoms with E-state index in [-0.39, 0.29) is 5.41 Å². The monoisotopic (exact) mass is 261 g/mol. The summed E-state index contributed by atoms with van der Waals surface area (Å²) in [4.78, 5) is 4.45. The number of aryl methyl sites for hydroxylation is 1. The Morgan fingerprint density at radius 1 is 1.42 bits per heavy atom. The van der Waals surface area contributed by atoms with Crippen LogP contribution in [0.4, 0.5) is 0 Å². The van der Waals surface area contributed by atoms with E-state index >= 15 is 0 Å². The predicted molar refractivity (Wildman–Crippen MR) is 75.9 cm³/mol. The Hall–Kier alpha value is -1.60. The van der Waals surface area contributed by atoms with Crippen molar-refractivity contribution in [2.45, 2.75) is 40.0 Å². The molecule has 4 heteroatoms. The number of rotatable bonds is 7. The molecule has 19 heavy (non-hydrogen) atoms. The van der Waals surface area contributed by atoms with Crippen molar-refractivity contribution < 1.29 is 4.74 Å². The molecule has 0 unspecified atom stereocenters. The average molecular weight is 261 g/mol. The van der Waals surface area contributed by atoms with Crippen LogP contribution in [0.2, 0.25) is 0 Å². The van der Waals surface area contributed by atoms with E-state index < -0.39 is 0 Å². The maximum Gasteiger partial charge on any atom is 0.140 e. The minimum absolute atomic E-state index is 0.283. The van der Waals surface area contributed by atoms with Gasteiger partial charge in [-0.15, -0.1) is 0 Å².